The van der Waals surface area contributed by atoms with Crippen LogP contribution in [0.4, 0.5) is 0 Å². The normalized spacial score (nSPS) is 12.4. The number of carbonyl (C=O) groups excluding carboxylic acids is 1. The highest BCUT2D eigenvalue weighted by atomic mass is 16.3. The first-order chi connectivity index (χ1) is 8.19. The molecule has 0 aliphatic carbocycles. The van der Waals surface area contributed by atoms with Gasteiger partial charge < -0.3 is 15.0 Å². The highest BCUT2D eigenvalue weighted by Gasteiger charge is 2.08. The molecular weight excluding hydrogens is 216 g/mol. The molecule has 0 spiro atoms. The number of aliphatic hydroxyl groups is 1. The molecule has 1 aromatic heterocycles. The zero-order valence-electron chi connectivity index (χ0n) is 10.6. The molecule has 0 aliphatic rings. The smallest absolute Gasteiger partial charge is 0.267 e. The Labute approximate surface area is 103 Å². The second-order valence-corrected chi connectivity index (χ2v) is 4.37. The van der Waals surface area contributed by atoms with Crippen molar-refractivity contribution in [1.82, 2.24) is 9.88 Å². The van der Waals surface area contributed by atoms with Crippen LogP contribution in [0.5, 0.6) is 0 Å². The van der Waals surface area contributed by atoms with Gasteiger partial charge in [-0.25, -0.2) is 0 Å². The average molecular weight is 238 g/mol. The van der Waals surface area contributed by atoms with Crippen LogP contribution in [0.1, 0.15) is 37.2 Å². The third-order valence-corrected chi connectivity index (χ3v) is 2.87. The Balaban J connectivity index is 2.30. The second-order valence-electron chi connectivity index (χ2n) is 4.37. The molecule has 1 heterocycles. The fourth-order valence-corrected chi connectivity index (χ4v) is 1.73. The van der Waals surface area contributed by atoms with Crippen molar-refractivity contribution < 1.29 is 9.90 Å². The largest absolute Gasteiger partial charge is 0.396 e. The highest BCUT2D eigenvalue weighted by molar-refractivity contribution is 5.92. The molecule has 0 saturated heterocycles. The molecule has 0 fully saturated rings. The van der Waals surface area contributed by atoms with E-state index < -0.39 is 0 Å². The molecule has 1 unspecified atom stereocenters. The molecule has 0 bridgehead atoms. The summed E-state index contributed by atoms with van der Waals surface area (Å²) in [6.45, 7) is 5.70. The monoisotopic (exact) mass is 238 g/mol. The van der Waals surface area contributed by atoms with Crippen LogP contribution in [0.3, 0.4) is 0 Å². The van der Waals surface area contributed by atoms with Crippen LogP contribution < -0.4 is 5.32 Å². The lowest BCUT2D eigenvalue weighted by Gasteiger charge is -2.09. The standard InChI is InChI=1S/C13H22N2O2/c1-3-15-9-5-7-12(15)13(17)14-8-4-6-11(2)10-16/h5,7,9,11,16H,3-4,6,8,10H2,1-2H3,(H,14,17). The summed E-state index contributed by atoms with van der Waals surface area (Å²) in [7, 11) is 0. The molecule has 4 nitrogen and oxygen atoms in total. The lowest BCUT2D eigenvalue weighted by Crippen LogP contribution is -2.27. The van der Waals surface area contributed by atoms with Gasteiger partial charge in [-0.3, -0.25) is 4.79 Å². The van der Waals surface area contributed by atoms with Crippen LogP contribution in [-0.4, -0.2) is 28.7 Å². The minimum atomic E-state index is -0.0199. The quantitative estimate of drug-likeness (QED) is 0.710. The molecule has 96 valence electrons. The molecular formula is C13H22N2O2. The number of nitrogens with zero attached hydrogens (tertiary/aromatic N) is 1. The minimum Gasteiger partial charge on any atom is -0.396 e. The Hall–Kier alpha value is -1.29. The molecule has 1 aromatic rings. The second kappa shape index (κ2) is 7.12. The number of aliphatic hydroxyl groups excluding tert-OH is 1. The number of carbonyl (C=O) groups is 1. The molecule has 0 saturated carbocycles. The van der Waals surface area contributed by atoms with Gasteiger partial charge in [0.2, 0.25) is 0 Å². The van der Waals surface area contributed by atoms with Gasteiger partial charge in [0.1, 0.15) is 5.69 Å². The van der Waals surface area contributed by atoms with E-state index in [0.717, 1.165) is 19.4 Å². The van der Waals surface area contributed by atoms with Crippen molar-refractivity contribution >= 4 is 5.91 Å². The first-order valence-electron chi connectivity index (χ1n) is 6.23. The minimum absolute atomic E-state index is 0.0199. The van der Waals surface area contributed by atoms with E-state index in [9.17, 15) is 4.79 Å². The molecule has 1 atom stereocenters. The fourth-order valence-electron chi connectivity index (χ4n) is 1.73. The van der Waals surface area contributed by atoms with Gasteiger partial charge >= 0.3 is 0 Å². The third kappa shape index (κ3) is 4.23. The van der Waals surface area contributed by atoms with Crippen molar-refractivity contribution in [2.75, 3.05) is 13.2 Å². The topological polar surface area (TPSA) is 54.3 Å². The van der Waals surface area contributed by atoms with Crippen LogP contribution in [0.15, 0.2) is 18.3 Å². The van der Waals surface area contributed by atoms with E-state index in [2.05, 4.69) is 5.32 Å². The summed E-state index contributed by atoms with van der Waals surface area (Å²) in [5.41, 5.74) is 0.711. The maximum atomic E-state index is 11.8. The van der Waals surface area contributed by atoms with Crippen LogP contribution in [0, 0.1) is 5.92 Å². The molecule has 0 aromatic carbocycles. The lowest BCUT2D eigenvalue weighted by molar-refractivity contribution is 0.0943. The number of aromatic nitrogens is 1. The Kier molecular flexibility index (Phi) is 5.77. The molecule has 1 rings (SSSR count). The maximum Gasteiger partial charge on any atom is 0.267 e. The van der Waals surface area contributed by atoms with Crippen LogP contribution in [0.2, 0.25) is 0 Å². The Morgan fingerprint density at radius 1 is 1.59 bits per heavy atom. The molecule has 4 heteroatoms. The summed E-state index contributed by atoms with van der Waals surface area (Å²) in [5.74, 6) is 0.292. The van der Waals surface area contributed by atoms with Crippen molar-refractivity contribution in [3.05, 3.63) is 24.0 Å². The number of hydrogen-bond acceptors (Lipinski definition) is 2. The van der Waals surface area contributed by atoms with Crippen molar-refractivity contribution in [3.63, 3.8) is 0 Å². The summed E-state index contributed by atoms with van der Waals surface area (Å²) < 4.78 is 1.92. The number of nitrogens with one attached hydrogen (secondary N) is 1. The van der Waals surface area contributed by atoms with Crippen molar-refractivity contribution in [1.29, 1.82) is 0 Å². The molecule has 0 radical (unpaired) electrons. The average Bonchev–Trinajstić information content (AvgIpc) is 2.82. The Morgan fingerprint density at radius 2 is 2.35 bits per heavy atom. The van der Waals surface area contributed by atoms with Crippen LogP contribution >= 0.6 is 0 Å². The summed E-state index contributed by atoms with van der Waals surface area (Å²) in [5, 5.41) is 11.8. The number of amides is 1. The number of hydrogen-bond donors (Lipinski definition) is 2. The first kappa shape index (κ1) is 13.8. The van der Waals surface area contributed by atoms with Gasteiger partial charge in [0.25, 0.3) is 5.91 Å². The van der Waals surface area contributed by atoms with Gasteiger partial charge in [-0.2, -0.15) is 0 Å². The van der Waals surface area contributed by atoms with E-state index in [1.807, 2.05) is 36.7 Å². The highest BCUT2D eigenvalue weighted by Crippen LogP contribution is 2.04. The molecule has 17 heavy (non-hydrogen) atoms. The van der Waals surface area contributed by atoms with Gasteiger partial charge in [-0.05, 0) is 37.8 Å². The summed E-state index contributed by atoms with van der Waals surface area (Å²) in [4.78, 5) is 11.8. The molecule has 0 aliphatic heterocycles. The predicted octanol–water partition coefficient (Wildman–Crippen LogP) is 1.65. The predicted molar refractivity (Wildman–Crippen MR) is 67.9 cm³/mol. The van der Waals surface area contributed by atoms with Crippen molar-refractivity contribution in [3.8, 4) is 0 Å². The zero-order valence-corrected chi connectivity index (χ0v) is 10.6. The van der Waals surface area contributed by atoms with E-state index in [1.54, 1.807) is 0 Å². The molecule has 1 amide bonds. The summed E-state index contributed by atoms with van der Waals surface area (Å²) in [6.07, 6.45) is 3.74. The van der Waals surface area contributed by atoms with Gasteiger partial charge in [0.15, 0.2) is 0 Å². The van der Waals surface area contributed by atoms with E-state index in [4.69, 9.17) is 5.11 Å². The summed E-state index contributed by atoms with van der Waals surface area (Å²) >= 11 is 0. The van der Waals surface area contributed by atoms with Crippen molar-refractivity contribution in [2.24, 2.45) is 5.92 Å². The fraction of sp³-hybridized carbons (Fsp3) is 0.615. The number of aryl methyl sites for hydroxylation is 1. The lowest BCUT2D eigenvalue weighted by atomic mass is 10.1. The number of rotatable bonds is 7. The van der Waals surface area contributed by atoms with Gasteiger partial charge in [0.05, 0.1) is 0 Å². The van der Waals surface area contributed by atoms with Gasteiger partial charge in [-0.1, -0.05) is 6.92 Å². The Morgan fingerprint density at radius 3 is 3.00 bits per heavy atom. The summed E-state index contributed by atoms with van der Waals surface area (Å²) in [6, 6.07) is 3.71. The van der Waals surface area contributed by atoms with E-state index >= 15 is 0 Å². The van der Waals surface area contributed by atoms with E-state index in [1.165, 1.54) is 0 Å². The van der Waals surface area contributed by atoms with Crippen LogP contribution in [-0.2, 0) is 6.54 Å². The first-order valence-corrected chi connectivity index (χ1v) is 6.23. The van der Waals surface area contributed by atoms with Gasteiger partial charge in [-0.15, -0.1) is 0 Å². The zero-order chi connectivity index (χ0) is 12.7. The third-order valence-electron chi connectivity index (χ3n) is 2.87. The van der Waals surface area contributed by atoms with Gasteiger partial charge in [0, 0.05) is 25.9 Å². The van der Waals surface area contributed by atoms with E-state index in [-0.39, 0.29) is 12.5 Å². The Bertz CT molecular complexity index is 347. The van der Waals surface area contributed by atoms with Crippen molar-refractivity contribution in [2.45, 2.75) is 33.2 Å². The van der Waals surface area contributed by atoms with E-state index in [0.29, 0.717) is 18.2 Å². The molecule has 2 N–H and O–H groups in total. The maximum absolute atomic E-state index is 11.8. The van der Waals surface area contributed by atoms with Crippen LogP contribution in [0.25, 0.3) is 0 Å². The SMILES string of the molecule is CCn1cccc1C(=O)NCCCC(C)CO.